The van der Waals surface area contributed by atoms with Gasteiger partial charge < -0.3 is 14.9 Å². The van der Waals surface area contributed by atoms with Crippen molar-refractivity contribution < 1.29 is 14.7 Å². The SMILES string of the molecule is CC(C)N(CC(=O)O)C(=O)c1ccc(N2CCCC2)nn1. The van der Waals surface area contributed by atoms with Crippen molar-refractivity contribution in [1.29, 1.82) is 0 Å². The lowest BCUT2D eigenvalue weighted by Crippen LogP contribution is -2.41. The number of anilines is 1. The van der Waals surface area contributed by atoms with Crippen LogP contribution in [0, 0.1) is 0 Å². The molecule has 1 aliphatic rings. The Balaban J connectivity index is 2.12. The van der Waals surface area contributed by atoms with Gasteiger partial charge in [0.05, 0.1) is 0 Å². The van der Waals surface area contributed by atoms with Crippen LogP contribution in [0.5, 0.6) is 0 Å². The number of carbonyl (C=O) groups is 2. The molecular formula is C14H20N4O3. The van der Waals surface area contributed by atoms with Gasteiger partial charge >= 0.3 is 5.97 Å². The van der Waals surface area contributed by atoms with Gasteiger partial charge in [-0.05, 0) is 38.8 Å². The highest BCUT2D eigenvalue weighted by atomic mass is 16.4. The first-order valence-electron chi connectivity index (χ1n) is 7.10. The Morgan fingerprint density at radius 2 is 1.95 bits per heavy atom. The van der Waals surface area contributed by atoms with Crippen LogP contribution >= 0.6 is 0 Å². The molecule has 0 saturated carbocycles. The third-order valence-electron chi connectivity index (χ3n) is 3.49. The van der Waals surface area contributed by atoms with Gasteiger partial charge in [0.2, 0.25) is 0 Å². The van der Waals surface area contributed by atoms with E-state index >= 15 is 0 Å². The summed E-state index contributed by atoms with van der Waals surface area (Å²) in [6, 6.07) is 3.17. The predicted molar refractivity (Wildman–Crippen MR) is 77.3 cm³/mol. The fourth-order valence-corrected chi connectivity index (χ4v) is 2.34. The number of carboxylic acid groups (broad SMARTS) is 1. The van der Waals surface area contributed by atoms with Gasteiger partial charge in [-0.25, -0.2) is 0 Å². The minimum atomic E-state index is -1.04. The van der Waals surface area contributed by atoms with Crippen LogP contribution in [0.15, 0.2) is 12.1 Å². The third-order valence-corrected chi connectivity index (χ3v) is 3.49. The van der Waals surface area contributed by atoms with E-state index in [1.165, 1.54) is 4.90 Å². The zero-order valence-corrected chi connectivity index (χ0v) is 12.3. The molecule has 0 bridgehead atoms. The molecule has 0 radical (unpaired) electrons. The quantitative estimate of drug-likeness (QED) is 0.871. The summed E-state index contributed by atoms with van der Waals surface area (Å²) < 4.78 is 0. The van der Waals surface area contributed by atoms with Crippen LogP contribution in [0.4, 0.5) is 5.82 Å². The first kappa shape index (κ1) is 15.2. The van der Waals surface area contributed by atoms with Crippen molar-refractivity contribution in [3.63, 3.8) is 0 Å². The fraction of sp³-hybridized carbons (Fsp3) is 0.571. The number of hydrogen-bond donors (Lipinski definition) is 1. The Bertz CT molecular complexity index is 509. The number of aliphatic carboxylic acids is 1. The molecule has 1 aromatic heterocycles. The predicted octanol–water partition coefficient (Wildman–Crippen LogP) is 1.01. The van der Waals surface area contributed by atoms with Gasteiger partial charge in [-0.2, -0.15) is 0 Å². The van der Waals surface area contributed by atoms with Crippen LogP contribution in [0.3, 0.4) is 0 Å². The minimum absolute atomic E-state index is 0.174. The smallest absolute Gasteiger partial charge is 0.323 e. The third kappa shape index (κ3) is 3.68. The van der Waals surface area contributed by atoms with E-state index in [1.807, 2.05) is 0 Å². The van der Waals surface area contributed by atoms with Crippen molar-refractivity contribution in [3.8, 4) is 0 Å². The Hall–Kier alpha value is -2.18. The number of amides is 1. The molecule has 0 aromatic carbocycles. The van der Waals surface area contributed by atoms with Crippen LogP contribution in [-0.2, 0) is 4.79 Å². The summed E-state index contributed by atoms with van der Waals surface area (Å²) in [6.45, 7) is 5.12. The molecule has 0 unspecified atom stereocenters. The second kappa shape index (κ2) is 6.51. The van der Waals surface area contributed by atoms with E-state index < -0.39 is 11.9 Å². The Labute approximate surface area is 123 Å². The molecule has 0 aliphatic carbocycles. The molecule has 0 atom stereocenters. The molecule has 1 aliphatic heterocycles. The van der Waals surface area contributed by atoms with Gasteiger partial charge in [0, 0.05) is 19.1 Å². The molecule has 1 saturated heterocycles. The lowest BCUT2D eigenvalue weighted by molar-refractivity contribution is -0.138. The lowest BCUT2D eigenvalue weighted by atomic mass is 10.2. The number of hydrogen-bond acceptors (Lipinski definition) is 5. The first-order chi connectivity index (χ1) is 9.99. The molecular weight excluding hydrogens is 272 g/mol. The van der Waals surface area contributed by atoms with Crippen molar-refractivity contribution in [3.05, 3.63) is 17.8 Å². The molecule has 0 spiro atoms. The Kier molecular flexibility index (Phi) is 4.72. The summed E-state index contributed by atoms with van der Waals surface area (Å²) in [7, 11) is 0. The Morgan fingerprint density at radius 3 is 2.43 bits per heavy atom. The highest BCUT2D eigenvalue weighted by molar-refractivity contribution is 5.94. The Morgan fingerprint density at radius 1 is 1.29 bits per heavy atom. The topological polar surface area (TPSA) is 86.6 Å². The van der Waals surface area contributed by atoms with Gasteiger partial charge in [0.25, 0.3) is 5.91 Å². The summed E-state index contributed by atoms with van der Waals surface area (Å²) in [4.78, 5) is 26.5. The van der Waals surface area contributed by atoms with Gasteiger partial charge in [0.1, 0.15) is 6.54 Å². The molecule has 7 nitrogen and oxygen atoms in total. The number of aromatic nitrogens is 2. The molecule has 114 valence electrons. The number of rotatable bonds is 5. The highest BCUT2D eigenvalue weighted by Gasteiger charge is 2.23. The zero-order chi connectivity index (χ0) is 15.4. The lowest BCUT2D eigenvalue weighted by Gasteiger charge is -2.24. The van der Waals surface area contributed by atoms with Crippen LogP contribution in [0.25, 0.3) is 0 Å². The maximum atomic E-state index is 12.3. The molecule has 1 amide bonds. The summed E-state index contributed by atoms with van der Waals surface area (Å²) in [5.41, 5.74) is 0.174. The molecule has 1 fully saturated rings. The normalized spacial score (nSPS) is 14.5. The van der Waals surface area contributed by atoms with E-state index in [2.05, 4.69) is 15.1 Å². The first-order valence-corrected chi connectivity index (χ1v) is 7.10. The average Bonchev–Trinajstić information content (AvgIpc) is 2.98. The number of carboxylic acids is 1. The monoisotopic (exact) mass is 292 g/mol. The molecule has 1 N–H and O–H groups in total. The van der Waals surface area contributed by atoms with Crippen molar-refractivity contribution in [1.82, 2.24) is 15.1 Å². The summed E-state index contributed by atoms with van der Waals surface area (Å²) in [5, 5.41) is 16.9. The molecule has 2 rings (SSSR count). The van der Waals surface area contributed by atoms with E-state index in [0.717, 1.165) is 31.7 Å². The van der Waals surface area contributed by atoms with E-state index in [0.29, 0.717) is 0 Å². The van der Waals surface area contributed by atoms with Gasteiger partial charge in [-0.15, -0.1) is 10.2 Å². The van der Waals surface area contributed by atoms with E-state index in [9.17, 15) is 9.59 Å². The number of nitrogens with zero attached hydrogens (tertiary/aromatic N) is 4. The van der Waals surface area contributed by atoms with Gasteiger partial charge in [0.15, 0.2) is 11.5 Å². The standard InChI is InChI=1S/C14H20N4O3/c1-10(2)18(9-13(19)20)14(21)11-5-6-12(16-15-11)17-7-3-4-8-17/h5-6,10H,3-4,7-9H2,1-2H3,(H,19,20). The fourth-order valence-electron chi connectivity index (χ4n) is 2.34. The highest BCUT2D eigenvalue weighted by Crippen LogP contribution is 2.17. The van der Waals surface area contributed by atoms with Crippen molar-refractivity contribution in [2.24, 2.45) is 0 Å². The molecule has 1 aromatic rings. The van der Waals surface area contributed by atoms with Crippen molar-refractivity contribution in [2.75, 3.05) is 24.5 Å². The van der Waals surface area contributed by atoms with Crippen LogP contribution in [0.2, 0.25) is 0 Å². The van der Waals surface area contributed by atoms with Crippen LogP contribution in [0.1, 0.15) is 37.2 Å². The zero-order valence-electron chi connectivity index (χ0n) is 12.3. The number of carbonyl (C=O) groups excluding carboxylic acids is 1. The van der Waals surface area contributed by atoms with Gasteiger partial charge in [-0.1, -0.05) is 0 Å². The maximum absolute atomic E-state index is 12.3. The second-order valence-electron chi connectivity index (χ2n) is 5.39. The largest absolute Gasteiger partial charge is 0.480 e. The van der Waals surface area contributed by atoms with Gasteiger partial charge in [-0.3, -0.25) is 9.59 Å². The summed E-state index contributed by atoms with van der Waals surface area (Å²) in [5.74, 6) is -0.690. The molecule has 21 heavy (non-hydrogen) atoms. The van der Waals surface area contributed by atoms with E-state index in [-0.39, 0.29) is 18.3 Å². The average molecular weight is 292 g/mol. The second-order valence-corrected chi connectivity index (χ2v) is 5.39. The van der Waals surface area contributed by atoms with Crippen molar-refractivity contribution >= 4 is 17.7 Å². The van der Waals surface area contributed by atoms with Crippen molar-refractivity contribution in [2.45, 2.75) is 32.7 Å². The van der Waals surface area contributed by atoms with Crippen LogP contribution in [-0.4, -0.2) is 57.8 Å². The van der Waals surface area contributed by atoms with E-state index in [4.69, 9.17) is 5.11 Å². The van der Waals surface area contributed by atoms with Crippen LogP contribution < -0.4 is 4.90 Å². The molecule has 2 heterocycles. The van der Waals surface area contributed by atoms with E-state index in [1.54, 1.807) is 26.0 Å². The summed E-state index contributed by atoms with van der Waals surface area (Å²) in [6.07, 6.45) is 2.28. The maximum Gasteiger partial charge on any atom is 0.323 e. The minimum Gasteiger partial charge on any atom is -0.480 e. The molecule has 7 heteroatoms. The summed E-state index contributed by atoms with van der Waals surface area (Å²) >= 11 is 0.